The third kappa shape index (κ3) is 2.70. The number of hydrogen-bond donors (Lipinski definition) is 1. The maximum Gasteiger partial charge on any atom is 0.218 e. The Morgan fingerprint density at radius 1 is 1.14 bits per heavy atom. The summed E-state index contributed by atoms with van der Waals surface area (Å²) in [6.45, 7) is 0. The number of nitrogens with two attached hydrogens (primary N) is 1. The van der Waals surface area contributed by atoms with E-state index in [0.29, 0.717) is 16.4 Å². The molecule has 1 aromatic heterocycles. The van der Waals surface area contributed by atoms with Gasteiger partial charge in [0.2, 0.25) is 5.16 Å². The van der Waals surface area contributed by atoms with E-state index < -0.39 is 0 Å². The van der Waals surface area contributed by atoms with Crippen molar-refractivity contribution < 1.29 is 0 Å². The summed E-state index contributed by atoms with van der Waals surface area (Å²) in [7, 11) is 0. The van der Waals surface area contributed by atoms with E-state index in [2.05, 4.69) is 15.5 Å². The summed E-state index contributed by atoms with van der Waals surface area (Å²) in [6, 6.07) is 16.9. The summed E-state index contributed by atoms with van der Waals surface area (Å²) in [5, 5.41) is 21.2. The molecule has 0 radical (unpaired) electrons. The van der Waals surface area contributed by atoms with Crippen LogP contribution < -0.4 is 5.73 Å². The fourth-order valence-electron chi connectivity index (χ4n) is 1.79. The minimum Gasteiger partial charge on any atom is -0.398 e. The minimum absolute atomic E-state index is 0.446. The number of para-hydroxylation sites is 1. The molecule has 0 aliphatic rings. The maximum atomic E-state index is 8.89. The number of benzene rings is 2. The van der Waals surface area contributed by atoms with Gasteiger partial charge in [0.1, 0.15) is 6.07 Å². The van der Waals surface area contributed by atoms with Crippen LogP contribution in [0.1, 0.15) is 5.56 Å². The van der Waals surface area contributed by atoms with Crippen molar-refractivity contribution in [3.63, 3.8) is 0 Å². The zero-order chi connectivity index (χ0) is 14.7. The second-order valence-electron chi connectivity index (χ2n) is 4.17. The number of nitriles is 1. The van der Waals surface area contributed by atoms with Crippen LogP contribution in [0.25, 0.3) is 5.69 Å². The molecule has 0 unspecified atom stereocenters. The summed E-state index contributed by atoms with van der Waals surface area (Å²) in [6.07, 6.45) is 0. The first-order valence-electron chi connectivity index (χ1n) is 6.09. The Morgan fingerprint density at radius 3 is 2.67 bits per heavy atom. The SMILES string of the molecule is N#Cc1ccc(Sc2nnnn2-c2ccccc2)cc1N. The van der Waals surface area contributed by atoms with Gasteiger partial charge in [0.15, 0.2) is 0 Å². The molecule has 7 heteroatoms. The predicted octanol–water partition coefficient (Wildman–Crippen LogP) is 2.27. The van der Waals surface area contributed by atoms with Gasteiger partial charge in [-0.25, -0.2) is 0 Å². The summed E-state index contributed by atoms with van der Waals surface area (Å²) < 4.78 is 1.65. The quantitative estimate of drug-likeness (QED) is 0.745. The van der Waals surface area contributed by atoms with Gasteiger partial charge in [0.05, 0.1) is 16.9 Å². The van der Waals surface area contributed by atoms with Crippen LogP contribution in [0.3, 0.4) is 0 Å². The smallest absolute Gasteiger partial charge is 0.218 e. The molecule has 21 heavy (non-hydrogen) atoms. The van der Waals surface area contributed by atoms with Crippen LogP contribution in [0.4, 0.5) is 5.69 Å². The van der Waals surface area contributed by atoms with Crippen molar-refractivity contribution in [1.82, 2.24) is 20.2 Å². The van der Waals surface area contributed by atoms with Crippen molar-refractivity contribution in [3.05, 3.63) is 54.1 Å². The highest BCUT2D eigenvalue weighted by atomic mass is 32.2. The molecule has 3 rings (SSSR count). The number of tetrazole rings is 1. The fourth-order valence-corrected chi connectivity index (χ4v) is 2.62. The molecule has 0 bridgehead atoms. The normalized spacial score (nSPS) is 10.2. The highest BCUT2D eigenvalue weighted by Gasteiger charge is 2.10. The average molecular weight is 294 g/mol. The Morgan fingerprint density at radius 2 is 1.95 bits per heavy atom. The summed E-state index contributed by atoms with van der Waals surface area (Å²) in [5.41, 5.74) is 7.60. The van der Waals surface area contributed by atoms with E-state index in [1.165, 1.54) is 11.8 Å². The van der Waals surface area contributed by atoms with Crippen molar-refractivity contribution in [1.29, 1.82) is 5.26 Å². The minimum atomic E-state index is 0.446. The van der Waals surface area contributed by atoms with Gasteiger partial charge in [-0.3, -0.25) is 0 Å². The van der Waals surface area contributed by atoms with E-state index in [1.54, 1.807) is 16.8 Å². The van der Waals surface area contributed by atoms with Gasteiger partial charge < -0.3 is 5.73 Å². The largest absolute Gasteiger partial charge is 0.398 e. The molecule has 0 aliphatic heterocycles. The van der Waals surface area contributed by atoms with Gasteiger partial charge in [-0.05, 0) is 52.5 Å². The summed E-state index contributed by atoms with van der Waals surface area (Å²) in [5.74, 6) is 0. The van der Waals surface area contributed by atoms with Gasteiger partial charge in [-0.1, -0.05) is 18.2 Å². The standard InChI is InChI=1S/C14H10N6S/c15-9-10-6-7-12(8-13(10)16)21-14-17-18-19-20(14)11-4-2-1-3-5-11/h1-8H,16H2. The zero-order valence-electron chi connectivity index (χ0n) is 10.8. The lowest BCUT2D eigenvalue weighted by atomic mass is 10.2. The number of nitrogens with zero attached hydrogens (tertiary/aromatic N) is 5. The molecule has 0 atom stereocenters. The molecule has 102 valence electrons. The Balaban J connectivity index is 1.92. The summed E-state index contributed by atoms with van der Waals surface area (Å²) >= 11 is 1.39. The second-order valence-corrected chi connectivity index (χ2v) is 5.21. The molecule has 1 heterocycles. The van der Waals surface area contributed by atoms with E-state index in [1.807, 2.05) is 42.5 Å². The van der Waals surface area contributed by atoms with Crippen molar-refractivity contribution in [2.75, 3.05) is 5.73 Å². The number of anilines is 1. The topological polar surface area (TPSA) is 93.4 Å². The van der Waals surface area contributed by atoms with E-state index in [0.717, 1.165) is 10.6 Å². The van der Waals surface area contributed by atoms with Crippen LogP contribution in [0.15, 0.2) is 58.6 Å². The van der Waals surface area contributed by atoms with E-state index in [-0.39, 0.29) is 0 Å². The monoisotopic (exact) mass is 294 g/mol. The number of nitrogen functional groups attached to an aromatic ring is 1. The van der Waals surface area contributed by atoms with Crippen LogP contribution in [0.2, 0.25) is 0 Å². The Hall–Kier alpha value is -2.85. The zero-order valence-corrected chi connectivity index (χ0v) is 11.7. The first kappa shape index (κ1) is 13.1. The molecule has 6 nitrogen and oxygen atoms in total. The molecular weight excluding hydrogens is 284 g/mol. The molecule has 2 N–H and O–H groups in total. The first-order chi connectivity index (χ1) is 10.3. The third-order valence-electron chi connectivity index (χ3n) is 2.79. The van der Waals surface area contributed by atoms with E-state index >= 15 is 0 Å². The lowest BCUT2D eigenvalue weighted by Gasteiger charge is -2.05. The number of hydrogen-bond acceptors (Lipinski definition) is 6. The molecule has 0 fully saturated rings. The number of aromatic nitrogens is 4. The second kappa shape index (κ2) is 5.64. The molecular formula is C14H10N6S. The Kier molecular flexibility index (Phi) is 3.53. The van der Waals surface area contributed by atoms with Gasteiger partial charge in [-0.15, -0.1) is 5.10 Å². The Bertz CT molecular complexity index is 806. The van der Waals surface area contributed by atoms with Gasteiger partial charge >= 0.3 is 0 Å². The van der Waals surface area contributed by atoms with Gasteiger partial charge in [-0.2, -0.15) is 9.94 Å². The molecule has 3 aromatic rings. The lowest BCUT2D eigenvalue weighted by molar-refractivity contribution is 0.756. The van der Waals surface area contributed by atoms with E-state index in [9.17, 15) is 0 Å². The predicted molar refractivity (Wildman–Crippen MR) is 78.8 cm³/mol. The van der Waals surface area contributed by atoms with Gasteiger partial charge in [0, 0.05) is 4.90 Å². The molecule has 0 saturated carbocycles. The maximum absolute atomic E-state index is 8.89. The van der Waals surface area contributed by atoms with Crippen LogP contribution in [0.5, 0.6) is 0 Å². The highest BCUT2D eigenvalue weighted by molar-refractivity contribution is 7.99. The first-order valence-corrected chi connectivity index (χ1v) is 6.91. The van der Waals surface area contributed by atoms with Crippen molar-refractivity contribution >= 4 is 17.4 Å². The lowest BCUT2D eigenvalue weighted by Crippen LogP contribution is -1.98. The van der Waals surface area contributed by atoms with E-state index in [4.69, 9.17) is 11.0 Å². The fraction of sp³-hybridized carbons (Fsp3) is 0. The number of rotatable bonds is 3. The molecule has 0 amide bonds. The Labute approximate surface area is 125 Å². The van der Waals surface area contributed by atoms with Crippen LogP contribution in [-0.4, -0.2) is 20.2 Å². The highest BCUT2D eigenvalue weighted by Crippen LogP contribution is 2.29. The molecule has 0 aliphatic carbocycles. The summed E-state index contributed by atoms with van der Waals surface area (Å²) in [4.78, 5) is 0.874. The van der Waals surface area contributed by atoms with Gasteiger partial charge in [0.25, 0.3) is 0 Å². The molecule has 0 saturated heterocycles. The van der Waals surface area contributed by atoms with Crippen molar-refractivity contribution in [3.8, 4) is 11.8 Å². The van der Waals surface area contributed by atoms with Crippen LogP contribution in [0, 0.1) is 11.3 Å². The molecule has 2 aromatic carbocycles. The third-order valence-corrected chi connectivity index (χ3v) is 3.72. The van der Waals surface area contributed by atoms with Crippen LogP contribution >= 0.6 is 11.8 Å². The van der Waals surface area contributed by atoms with Crippen LogP contribution in [-0.2, 0) is 0 Å². The molecule has 0 spiro atoms. The average Bonchev–Trinajstić information content (AvgIpc) is 2.96. The van der Waals surface area contributed by atoms with Crippen molar-refractivity contribution in [2.24, 2.45) is 0 Å². The van der Waals surface area contributed by atoms with Crippen molar-refractivity contribution in [2.45, 2.75) is 10.1 Å².